The highest BCUT2D eigenvalue weighted by molar-refractivity contribution is 6.31. The maximum atomic E-state index is 12.3. The molecule has 2 aromatic carbocycles. The van der Waals surface area contributed by atoms with Crippen molar-refractivity contribution in [1.82, 2.24) is 0 Å². The van der Waals surface area contributed by atoms with Crippen LogP contribution in [0.3, 0.4) is 0 Å². The zero-order valence-electron chi connectivity index (χ0n) is 16.6. The monoisotopic (exact) mass is 405 g/mol. The van der Waals surface area contributed by atoms with Crippen LogP contribution in [0.15, 0.2) is 36.4 Å². The van der Waals surface area contributed by atoms with Crippen LogP contribution in [0.2, 0.25) is 5.02 Å². The van der Waals surface area contributed by atoms with Gasteiger partial charge in [-0.25, -0.2) is 4.79 Å². The number of amides is 1. The van der Waals surface area contributed by atoms with Crippen molar-refractivity contribution in [3.8, 4) is 11.5 Å². The Balaban J connectivity index is 2.09. The van der Waals surface area contributed by atoms with Gasteiger partial charge in [-0.2, -0.15) is 0 Å². The maximum Gasteiger partial charge on any atom is 0.342 e. The second-order valence-electron chi connectivity index (χ2n) is 7.13. The summed E-state index contributed by atoms with van der Waals surface area (Å²) in [6.45, 7) is 5.75. The quantitative estimate of drug-likeness (QED) is 0.718. The van der Waals surface area contributed by atoms with Crippen molar-refractivity contribution in [2.24, 2.45) is 0 Å². The summed E-state index contributed by atoms with van der Waals surface area (Å²) in [5, 5.41) is 3.08. The highest BCUT2D eigenvalue weighted by atomic mass is 35.5. The third-order valence-electron chi connectivity index (χ3n) is 4.06. The Bertz CT molecular complexity index is 874. The predicted molar refractivity (Wildman–Crippen MR) is 109 cm³/mol. The van der Waals surface area contributed by atoms with Gasteiger partial charge in [-0.1, -0.05) is 38.4 Å². The molecule has 0 atom stereocenters. The summed E-state index contributed by atoms with van der Waals surface area (Å²) < 4.78 is 15.5. The molecule has 2 aromatic rings. The van der Waals surface area contributed by atoms with E-state index in [-0.39, 0.29) is 11.0 Å². The van der Waals surface area contributed by atoms with E-state index in [0.29, 0.717) is 22.2 Å². The lowest BCUT2D eigenvalue weighted by Gasteiger charge is -2.21. The molecule has 150 valence electrons. The van der Waals surface area contributed by atoms with Crippen LogP contribution >= 0.6 is 11.6 Å². The van der Waals surface area contributed by atoms with Crippen LogP contribution in [0.25, 0.3) is 0 Å². The van der Waals surface area contributed by atoms with Crippen LogP contribution < -0.4 is 14.8 Å². The molecule has 0 aliphatic rings. The molecule has 0 spiro atoms. The minimum Gasteiger partial charge on any atom is -0.496 e. The molecule has 7 heteroatoms. The van der Waals surface area contributed by atoms with Crippen molar-refractivity contribution in [3.63, 3.8) is 0 Å². The Morgan fingerprint density at radius 3 is 2.25 bits per heavy atom. The maximum absolute atomic E-state index is 12.3. The summed E-state index contributed by atoms with van der Waals surface area (Å²) >= 11 is 5.92. The topological polar surface area (TPSA) is 73.9 Å². The van der Waals surface area contributed by atoms with Crippen LogP contribution in [0.5, 0.6) is 11.5 Å². The minimum atomic E-state index is -0.704. The van der Waals surface area contributed by atoms with Crippen LogP contribution in [-0.4, -0.2) is 32.7 Å². The lowest BCUT2D eigenvalue weighted by molar-refractivity contribution is -0.119. The fraction of sp³-hybridized carbons (Fsp3) is 0.333. The van der Waals surface area contributed by atoms with Crippen molar-refractivity contribution >= 4 is 29.2 Å². The van der Waals surface area contributed by atoms with Crippen molar-refractivity contribution < 1.29 is 23.8 Å². The molecule has 0 unspecified atom stereocenters. The van der Waals surface area contributed by atoms with Crippen molar-refractivity contribution in [2.45, 2.75) is 26.2 Å². The molecule has 0 saturated heterocycles. The third-order valence-corrected chi connectivity index (χ3v) is 4.29. The molecule has 0 aliphatic heterocycles. The van der Waals surface area contributed by atoms with E-state index in [9.17, 15) is 9.59 Å². The largest absolute Gasteiger partial charge is 0.496 e. The first-order chi connectivity index (χ1) is 13.2. The number of rotatable bonds is 6. The fourth-order valence-corrected chi connectivity index (χ4v) is 2.68. The number of anilines is 1. The number of carbonyl (C=O) groups is 2. The molecule has 1 amide bonds. The molecule has 1 N–H and O–H groups in total. The molecule has 6 nitrogen and oxygen atoms in total. The molecule has 2 rings (SSSR count). The second kappa shape index (κ2) is 8.97. The molecule has 0 heterocycles. The van der Waals surface area contributed by atoms with Gasteiger partial charge in [0.1, 0.15) is 17.1 Å². The number of halogens is 1. The summed E-state index contributed by atoms with van der Waals surface area (Å²) in [7, 11) is 2.95. The van der Waals surface area contributed by atoms with Gasteiger partial charge < -0.3 is 19.5 Å². The molecule has 0 fully saturated rings. The zero-order chi connectivity index (χ0) is 20.9. The smallest absolute Gasteiger partial charge is 0.342 e. The van der Waals surface area contributed by atoms with Crippen LogP contribution in [0.4, 0.5) is 5.69 Å². The molecular formula is C21H24ClNO5. The Morgan fingerprint density at radius 2 is 1.64 bits per heavy atom. The van der Waals surface area contributed by atoms with Gasteiger partial charge in [-0.3, -0.25) is 4.79 Å². The third kappa shape index (κ3) is 5.39. The second-order valence-corrected chi connectivity index (χ2v) is 7.57. The van der Waals surface area contributed by atoms with E-state index in [1.165, 1.54) is 20.3 Å². The van der Waals surface area contributed by atoms with Gasteiger partial charge in [0.05, 0.1) is 19.9 Å². The normalized spacial score (nSPS) is 10.9. The first-order valence-corrected chi connectivity index (χ1v) is 9.02. The molecule has 28 heavy (non-hydrogen) atoms. The first-order valence-electron chi connectivity index (χ1n) is 8.64. The van der Waals surface area contributed by atoms with Gasteiger partial charge in [-0.05, 0) is 41.3 Å². The van der Waals surface area contributed by atoms with Gasteiger partial charge in [0.15, 0.2) is 6.61 Å². The number of carbonyl (C=O) groups excluding carboxylic acids is 2. The molecule has 0 radical (unpaired) electrons. The van der Waals surface area contributed by atoms with E-state index in [0.717, 1.165) is 5.56 Å². The Kier molecular flexibility index (Phi) is 6.91. The van der Waals surface area contributed by atoms with Gasteiger partial charge in [0, 0.05) is 5.02 Å². The highest BCUT2D eigenvalue weighted by Crippen LogP contribution is 2.31. The number of benzene rings is 2. The molecule has 0 aromatic heterocycles. The van der Waals surface area contributed by atoms with Crippen LogP contribution in [-0.2, 0) is 14.9 Å². The van der Waals surface area contributed by atoms with E-state index < -0.39 is 18.5 Å². The van der Waals surface area contributed by atoms with Crippen molar-refractivity contribution in [3.05, 3.63) is 52.5 Å². The highest BCUT2D eigenvalue weighted by Gasteiger charge is 2.19. The van der Waals surface area contributed by atoms with Gasteiger partial charge in [-0.15, -0.1) is 0 Å². The summed E-state index contributed by atoms with van der Waals surface area (Å²) in [5.74, 6) is -0.359. The molecule has 0 bridgehead atoms. The Labute approximate surface area is 169 Å². The number of methoxy groups -OCH3 is 2. The van der Waals surface area contributed by atoms with E-state index >= 15 is 0 Å². The lowest BCUT2D eigenvalue weighted by atomic mass is 9.87. The van der Waals surface area contributed by atoms with E-state index in [4.69, 9.17) is 25.8 Å². The molecule has 0 aliphatic carbocycles. The van der Waals surface area contributed by atoms with Crippen LogP contribution in [0.1, 0.15) is 36.7 Å². The van der Waals surface area contributed by atoms with Crippen molar-refractivity contribution in [2.75, 3.05) is 26.1 Å². The first kappa shape index (κ1) is 21.6. The summed E-state index contributed by atoms with van der Waals surface area (Å²) in [4.78, 5) is 24.6. The van der Waals surface area contributed by atoms with Gasteiger partial charge >= 0.3 is 5.97 Å². The number of ether oxygens (including phenoxy) is 3. The van der Waals surface area contributed by atoms with Gasteiger partial charge in [0.25, 0.3) is 5.91 Å². The average molecular weight is 406 g/mol. The standard InChI is InChI=1S/C21H24ClNO5/c1-21(2,3)13-6-8-18(27-5)16(10-13)23-19(24)12-28-20(25)15-11-14(22)7-9-17(15)26-4/h6-11H,12H2,1-5H3,(H,23,24). The van der Waals surface area contributed by atoms with E-state index in [1.54, 1.807) is 18.2 Å². The van der Waals surface area contributed by atoms with Gasteiger partial charge in [0.2, 0.25) is 0 Å². The Hall–Kier alpha value is -2.73. The SMILES string of the molecule is COc1ccc(C(C)(C)C)cc1NC(=O)COC(=O)c1cc(Cl)ccc1OC. The van der Waals surface area contributed by atoms with E-state index in [1.807, 2.05) is 12.1 Å². The minimum absolute atomic E-state index is 0.0959. The summed E-state index contributed by atoms with van der Waals surface area (Å²) in [6.07, 6.45) is 0. The Morgan fingerprint density at radius 1 is 1.00 bits per heavy atom. The van der Waals surface area contributed by atoms with Crippen LogP contribution in [0, 0.1) is 0 Å². The summed E-state index contributed by atoms with van der Waals surface area (Å²) in [5.41, 5.74) is 1.59. The number of esters is 1. The van der Waals surface area contributed by atoms with E-state index in [2.05, 4.69) is 26.1 Å². The summed E-state index contributed by atoms with van der Waals surface area (Å²) in [6, 6.07) is 10.2. The number of hydrogen-bond acceptors (Lipinski definition) is 5. The van der Waals surface area contributed by atoms with Crippen molar-refractivity contribution in [1.29, 1.82) is 0 Å². The zero-order valence-corrected chi connectivity index (χ0v) is 17.3. The predicted octanol–water partition coefficient (Wildman–Crippen LogP) is 4.45. The average Bonchev–Trinajstić information content (AvgIpc) is 2.65. The molecular weight excluding hydrogens is 382 g/mol. The fourth-order valence-electron chi connectivity index (χ4n) is 2.51. The molecule has 0 saturated carbocycles. The number of nitrogens with one attached hydrogen (secondary N) is 1. The number of hydrogen-bond donors (Lipinski definition) is 1. The lowest BCUT2D eigenvalue weighted by Crippen LogP contribution is -2.22.